The second-order valence-corrected chi connectivity index (χ2v) is 20.7. The van der Waals surface area contributed by atoms with Crippen molar-refractivity contribution in [1.29, 1.82) is 0 Å². The van der Waals surface area contributed by atoms with Crippen LogP contribution < -0.4 is 9.47 Å². The van der Waals surface area contributed by atoms with E-state index in [2.05, 4.69) is 72.4 Å². The first-order valence-electron chi connectivity index (χ1n) is 28.7. The number of halogens is 1. The average Bonchev–Trinajstić information content (AvgIpc) is 3.44. The predicted molar refractivity (Wildman–Crippen MR) is 317 cm³/mol. The standard InChI is InChI=1S/C68H83ClN2O4/c1-3-5-7-9-11-13-15-17-19-21-23-25-28-54-36-45-62(46-37-54)70-52-56-32-40-58(41-33-56)67(72)74-64-31-27-30-60(50-64)61-44-49-66(65(69)51-61)75-68(73)59-42-34-57(35-43-59)53-71-63-47-38-55(39-48-63)29-26-24-22-20-18-16-14-12-10-8-6-4-2/h27,30-53H,3-26,28-29H2,1-2H3. The lowest BCUT2D eigenvalue weighted by Crippen LogP contribution is -2.09. The first kappa shape index (κ1) is 58.2. The molecule has 0 radical (unpaired) electrons. The molecule has 6 aromatic rings. The lowest BCUT2D eigenvalue weighted by molar-refractivity contribution is 0.0725. The van der Waals surface area contributed by atoms with E-state index in [1.54, 1.807) is 54.7 Å². The van der Waals surface area contributed by atoms with Crippen LogP contribution in [-0.4, -0.2) is 24.4 Å². The summed E-state index contributed by atoms with van der Waals surface area (Å²) in [4.78, 5) is 35.6. The zero-order valence-corrected chi connectivity index (χ0v) is 46.0. The van der Waals surface area contributed by atoms with Crippen LogP contribution in [0.15, 0.2) is 150 Å². The second-order valence-electron chi connectivity index (χ2n) is 20.3. The normalized spacial score (nSPS) is 11.5. The third-order valence-corrected chi connectivity index (χ3v) is 14.3. The van der Waals surface area contributed by atoms with Gasteiger partial charge in [0.15, 0.2) is 0 Å². The fourth-order valence-corrected chi connectivity index (χ4v) is 9.59. The molecule has 6 rings (SSSR count). The average molecular weight is 1030 g/mol. The highest BCUT2D eigenvalue weighted by Gasteiger charge is 2.14. The molecule has 0 saturated heterocycles. The molecule has 6 aromatic carbocycles. The van der Waals surface area contributed by atoms with Gasteiger partial charge in [0.1, 0.15) is 11.5 Å². The van der Waals surface area contributed by atoms with Crippen molar-refractivity contribution < 1.29 is 19.1 Å². The molecule has 0 N–H and O–H groups in total. The number of aliphatic imine (C=N–C) groups is 2. The fraction of sp³-hybridized carbons (Fsp3) is 0.412. The highest BCUT2D eigenvalue weighted by atomic mass is 35.5. The zero-order valence-electron chi connectivity index (χ0n) is 45.2. The Balaban J connectivity index is 0.876. The molecule has 0 saturated carbocycles. The van der Waals surface area contributed by atoms with Gasteiger partial charge in [-0.3, -0.25) is 9.98 Å². The Bertz CT molecular complexity index is 2620. The van der Waals surface area contributed by atoms with Crippen LogP contribution in [0, 0.1) is 0 Å². The number of hydrogen-bond acceptors (Lipinski definition) is 6. The maximum atomic E-state index is 13.2. The molecule has 0 aromatic heterocycles. The fourth-order valence-electron chi connectivity index (χ4n) is 9.37. The zero-order chi connectivity index (χ0) is 52.6. The number of ether oxygens (including phenoxy) is 2. The third kappa shape index (κ3) is 22.3. The van der Waals surface area contributed by atoms with E-state index in [-0.39, 0.29) is 10.8 Å². The minimum atomic E-state index is -0.518. The number of benzene rings is 6. The molecule has 0 aliphatic heterocycles. The van der Waals surface area contributed by atoms with Gasteiger partial charge in [-0.2, -0.15) is 0 Å². The quantitative estimate of drug-likeness (QED) is 0.0172. The Kier molecular flexibility index (Phi) is 26.7. The molecular weight excluding hydrogens is 944 g/mol. The van der Waals surface area contributed by atoms with Crippen LogP contribution in [0.2, 0.25) is 5.02 Å². The molecular formula is C68H83ClN2O4. The number of carbonyl (C=O) groups excluding carboxylic acids is 2. The number of unbranched alkanes of at least 4 members (excludes halogenated alkanes) is 22. The van der Waals surface area contributed by atoms with E-state index < -0.39 is 11.9 Å². The van der Waals surface area contributed by atoms with Crippen LogP contribution in [0.5, 0.6) is 11.5 Å². The van der Waals surface area contributed by atoms with E-state index in [0.717, 1.165) is 46.5 Å². The second kappa shape index (κ2) is 34.5. The minimum Gasteiger partial charge on any atom is -0.423 e. The first-order chi connectivity index (χ1) is 36.9. The topological polar surface area (TPSA) is 77.3 Å². The molecule has 0 unspecified atom stereocenters. The summed E-state index contributed by atoms with van der Waals surface area (Å²) in [5.41, 5.74) is 8.63. The molecule has 0 heterocycles. The molecule has 0 fully saturated rings. The SMILES string of the molecule is CCCCCCCCCCCCCCc1ccc(N=Cc2ccc(C(=O)Oc3cccc(-c4ccc(OC(=O)c5ccc(C=Nc6ccc(CCCCCCCCCCCCCC)cc6)cc5)c(Cl)c4)c3)cc2)cc1. The van der Waals surface area contributed by atoms with Gasteiger partial charge in [0.05, 0.1) is 27.5 Å². The highest BCUT2D eigenvalue weighted by molar-refractivity contribution is 6.32. The Hall–Kier alpha value is -6.11. The van der Waals surface area contributed by atoms with Gasteiger partial charge in [-0.1, -0.05) is 233 Å². The van der Waals surface area contributed by atoms with Crippen molar-refractivity contribution >= 4 is 47.3 Å². The summed E-state index contributed by atoms with van der Waals surface area (Å²) in [6.45, 7) is 4.55. The molecule has 75 heavy (non-hydrogen) atoms. The predicted octanol–water partition coefficient (Wildman–Crippen LogP) is 20.4. The maximum Gasteiger partial charge on any atom is 0.343 e. The van der Waals surface area contributed by atoms with E-state index in [9.17, 15) is 9.59 Å². The van der Waals surface area contributed by atoms with Gasteiger partial charge in [-0.25, -0.2) is 9.59 Å². The monoisotopic (exact) mass is 1030 g/mol. The summed E-state index contributed by atoms with van der Waals surface area (Å²) in [6.07, 6.45) is 38.5. The van der Waals surface area contributed by atoms with E-state index >= 15 is 0 Å². The van der Waals surface area contributed by atoms with E-state index in [0.29, 0.717) is 16.9 Å². The van der Waals surface area contributed by atoms with Crippen LogP contribution in [0.4, 0.5) is 11.4 Å². The molecule has 0 bridgehead atoms. The van der Waals surface area contributed by atoms with Gasteiger partial charge in [0.2, 0.25) is 0 Å². The number of hydrogen-bond donors (Lipinski definition) is 0. The third-order valence-electron chi connectivity index (χ3n) is 14.0. The van der Waals surface area contributed by atoms with Crippen molar-refractivity contribution in [3.05, 3.63) is 178 Å². The summed E-state index contributed by atoms with van der Waals surface area (Å²) in [6, 6.07) is 43.8. The number of esters is 2. The minimum absolute atomic E-state index is 0.243. The summed E-state index contributed by atoms with van der Waals surface area (Å²) >= 11 is 6.66. The molecule has 0 amide bonds. The van der Waals surface area contributed by atoms with E-state index in [1.807, 2.05) is 48.7 Å². The van der Waals surface area contributed by atoms with Crippen LogP contribution in [0.1, 0.15) is 211 Å². The maximum absolute atomic E-state index is 13.2. The molecule has 396 valence electrons. The van der Waals surface area contributed by atoms with Gasteiger partial charge in [0, 0.05) is 12.4 Å². The van der Waals surface area contributed by atoms with Crippen molar-refractivity contribution in [2.45, 2.75) is 181 Å². The lowest BCUT2D eigenvalue weighted by Gasteiger charge is -2.10. The number of nitrogens with zero attached hydrogens (tertiary/aromatic N) is 2. The number of aryl methyl sites for hydroxylation is 2. The van der Waals surface area contributed by atoms with E-state index in [1.165, 1.54) is 165 Å². The summed E-state index contributed by atoms with van der Waals surface area (Å²) in [7, 11) is 0. The molecule has 0 spiro atoms. The van der Waals surface area contributed by atoms with Gasteiger partial charge in [-0.05, 0) is 132 Å². The van der Waals surface area contributed by atoms with Crippen LogP contribution >= 0.6 is 11.6 Å². The molecule has 6 nitrogen and oxygen atoms in total. The number of carbonyl (C=O) groups is 2. The Morgan fingerprint density at radius 3 is 1.21 bits per heavy atom. The van der Waals surface area contributed by atoms with Gasteiger partial charge in [-0.15, -0.1) is 0 Å². The summed E-state index contributed by atoms with van der Waals surface area (Å²) in [5.74, 6) is -0.350. The van der Waals surface area contributed by atoms with Gasteiger partial charge < -0.3 is 9.47 Å². The van der Waals surface area contributed by atoms with Crippen LogP contribution in [0.25, 0.3) is 11.1 Å². The van der Waals surface area contributed by atoms with Crippen molar-refractivity contribution in [2.75, 3.05) is 0 Å². The van der Waals surface area contributed by atoms with Crippen molar-refractivity contribution in [3.63, 3.8) is 0 Å². The Morgan fingerprint density at radius 1 is 0.413 bits per heavy atom. The van der Waals surface area contributed by atoms with Crippen molar-refractivity contribution in [2.24, 2.45) is 9.98 Å². The highest BCUT2D eigenvalue weighted by Crippen LogP contribution is 2.33. The number of rotatable bonds is 35. The van der Waals surface area contributed by atoms with Crippen LogP contribution in [-0.2, 0) is 12.8 Å². The molecule has 7 heteroatoms. The molecule has 0 aliphatic carbocycles. The van der Waals surface area contributed by atoms with E-state index in [4.69, 9.17) is 21.1 Å². The van der Waals surface area contributed by atoms with Gasteiger partial charge >= 0.3 is 11.9 Å². The largest absolute Gasteiger partial charge is 0.423 e. The Morgan fingerprint density at radius 2 is 0.800 bits per heavy atom. The van der Waals surface area contributed by atoms with Gasteiger partial charge in [0.25, 0.3) is 0 Å². The molecule has 0 aliphatic rings. The van der Waals surface area contributed by atoms with Crippen LogP contribution in [0.3, 0.4) is 0 Å². The summed E-state index contributed by atoms with van der Waals surface area (Å²) in [5, 5.41) is 0.276. The Labute approximate surface area is 455 Å². The lowest BCUT2D eigenvalue weighted by atomic mass is 10.0. The molecule has 0 atom stereocenters. The first-order valence-corrected chi connectivity index (χ1v) is 29.0. The van der Waals surface area contributed by atoms with Crippen molar-refractivity contribution in [1.82, 2.24) is 0 Å². The van der Waals surface area contributed by atoms with Crippen molar-refractivity contribution in [3.8, 4) is 22.6 Å². The summed E-state index contributed by atoms with van der Waals surface area (Å²) < 4.78 is 11.5. The smallest absolute Gasteiger partial charge is 0.343 e.